The number of hydrogen-bond acceptors (Lipinski definition) is 4. The molecule has 4 heteroatoms. The molecule has 0 spiro atoms. The molecule has 0 unspecified atom stereocenters. The quantitative estimate of drug-likeness (QED) is 0.110. The van der Waals surface area contributed by atoms with E-state index in [1.54, 1.807) is 0 Å². The normalized spacial score (nSPS) is 10.9. The second kappa shape index (κ2) is 15.4. The summed E-state index contributed by atoms with van der Waals surface area (Å²) >= 11 is 0. The Morgan fingerprint density at radius 1 is 0.352 bits per heavy atom. The van der Waals surface area contributed by atoms with Crippen molar-refractivity contribution in [1.82, 2.24) is 0 Å². The number of nitrogen functional groups attached to an aromatic ring is 1. The predicted molar refractivity (Wildman–Crippen MR) is 229 cm³/mol. The Kier molecular flexibility index (Phi) is 9.75. The molecule has 0 fully saturated rings. The predicted octanol–water partition coefficient (Wildman–Crippen LogP) is 13.5. The minimum Gasteiger partial charge on any atom is -0.323 e. The van der Waals surface area contributed by atoms with E-state index in [9.17, 15) is 0 Å². The Morgan fingerprint density at radius 3 is 1.20 bits per heavy atom. The molecule has 0 amide bonds. The molecule has 0 aliphatic rings. The number of rotatable bonds is 10. The molecule has 0 aliphatic carbocycles. The van der Waals surface area contributed by atoms with Gasteiger partial charge in [0.2, 0.25) is 0 Å². The molecular formula is C50H42N4. The zero-order chi connectivity index (χ0) is 36.9. The van der Waals surface area contributed by atoms with Crippen LogP contribution < -0.4 is 21.1 Å². The van der Waals surface area contributed by atoms with Crippen LogP contribution in [0.15, 0.2) is 200 Å². The van der Waals surface area contributed by atoms with Crippen molar-refractivity contribution >= 4 is 39.8 Å². The van der Waals surface area contributed by atoms with Gasteiger partial charge in [0.25, 0.3) is 0 Å². The van der Waals surface area contributed by atoms with Crippen LogP contribution in [0.1, 0.15) is 11.1 Å². The Hall–Kier alpha value is -6.88. The molecule has 54 heavy (non-hydrogen) atoms. The van der Waals surface area contributed by atoms with Crippen LogP contribution in [0.4, 0.5) is 39.8 Å². The van der Waals surface area contributed by atoms with Gasteiger partial charge in [0, 0.05) is 39.7 Å². The van der Waals surface area contributed by atoms with Gasteiger partial charge in [0.05, 0.1) is 5.69 Å². The number of nitrogens with zero attached hydrogens (tertiary/aromatic N) is 2. The average molecular weight is 699 g/mol. The highest BCUT2D eigenvalue weighted by Crippen LogP contribution is 2.46. The van der Waals surface area contributed by atoms with Gasteiger partial charge in [-0.3, -0.25) is 5.84 Å². The highest BCUT2D eigenvalue weighted by molar-refractivity contribution is 6.00. The number of nitrogens with two attached hydrogens (primary N) is 1. The minimum absolute atomic E-state index is 0.853. The van der Waals surface area contributed by atoms with Crippen molar-refractivity contribution in [2.75, 3.05) is 15.2 Å². The molecule has 0 heterocycles. The number of hydrogen-bond donors (Lipinski definition) is 2. The number of hydrazine groups is 1. The third kappa shape index (κ3) is 6.99. The van der Waals surface area contributed by atoms with Gasteiger partial charge in [-0.2, -0.15) is 0 Å². The second-order valence-corrected chi connectivity index (χ2v) is 13.5. The summed E-state index contributed by atoms with van der Waals surface area (Å²) in [6.07, 6.45) is 0. The fourth-order valence-corrected chi connectivity index (χ4v) is 7.32. The van der Waals surface area contributed by atoms with Crippen molar-refractivity contribution in [3.8, 4) is 33.4 Å². The molecule has 8 aromatic rings. The third-order valence-corrected chi connectivity index (χ3v) is 9.82. The maximum absolute atomic E-state index is 6.31. The summed E-state index contributed by atoms with van der Waals surface area (Å²) in [7, 11) is 0. The summed E-state index contributed by atoms with van der Waals surface area (Å²) in [5.74, 6) is 6.31. The van der Waals surface area contributed by atoms with Gasteiger partial charge in [0.15, 0.2) is 0 Å². The summed E-state index contributed by atoms with van der Waals surface area (Å²) < 4.78 is 0. The first-order valence-electron chi connectivity index (χ1n) is 18.3. The molecule has 0 radical (unpaired) electrons. The van der Waals surface area contributed by atoms with Crippen LogP contribution in [-0.2, 0) is 0 Å². The summed E-state index contributed by atoms with van der Waals surface area (Å²) in [6, 6.07) is 70.9. The monoisotopic (exact) mass is 698 g/mol. The van der Waals surface area contributed by atoms with Gasteiger partial charge < -0.3 is 15.2 Å². The number of para-hydroxylation sites is 2. The van der Waals surface area contributed by atoms with Crippen LogP contribution in [0.2, 0.25) is 0 Å². The Labute approximate surface area is 318 Å². The summed E-state index contributed by atoms with van der Waals surface area (Å²) in [6.45, 7) is 4.27. The first-order chi connectivity index (χ1) is 26.6. The maximum atomic E-state index is 6.31. The lowest BCUT2D eigenvalue weighted by molar-refractivity contribution is 1.27. The Balaban J connectivity index is 1.27. The summed E-state index contributed by atoms with van der Waals surface area (Å²) in [4.78, 5) is 4.60. The lowest BCUT2D eigenvalue weighted by atomic mass is 9.86. The molecule has 4 nitrogen and oxygen atoms in total. The third-order valence-electron chi connectivity index (χ3n) is 9.82. The van der Waals surface area contributed by atoms with Crippen molar-refractivity contribution in [3.05, 3.63) is 211 Å². The molecule has 0 aromatic heterocycles. The summed E-state index contributed by atoms with van der Waals surface area (Å²) in [5.41, 5.74) is 19.5. The van der Waals surface area contributed by atoms with Crippen LogP contribution in [-0.4, -0.2) is 0 Å². The fraction of sp³-hybridized carbons (Fsp3) is 0.0400. The lowest BCUT2D eigenvalue weighted by Gasteiger charge is -2.27. The molecule has 0 aliphatic heterocycles. The first-order valence-corrected chi connectivity index (χ1v) is 18.3. The van der Waals surface area contributed by atoms with Crippen molar-refractivity contribution in [3.63, 3.8) is 0 Å². The largest absolute Gasteiger partial charge is 0.323 e. The van der Waals surface area contributed by atoms with E-state index in [-0.39, 0.29) is 0 Å². The maximum Gasteiger partial charge on any atom is 0.0570 e. The van der Waals surface area contributed by atoms with Gasteiger partial charge in [0.1, 0.15) is 0 Å². The number of anilines is 7. The number of aryl methyl sites for hydroxylation is 2. The van der Waals surface area contributed by atoms with Gasteiger partial charge in [-0.05, 0) is 132 Å². The van der Waals surface area contributed by atoms with Crippen LogP contribution in [0.3, 0.4) is 0 Å². The van der Waals surface area contributed by atoms with Crippen molar-refractivity contribution in [2.24, 2.45) is 5.84 Å². The van der Waals surface area contributed by atoms with Crippen molar-refractivity contribution in [2.45, 2.75) is 13.8 Å². The van der Waals surface area contributed by atoms with E-state index in [0.29, 0.717) is 0 Å². The zero-order valence-electron chi connectivity index (χ0n) is 30.5. The average Bonchev–Trinajstić information content (AvgIpc) is 3.22. The van der Waals surface area contributed by atoms with Crippen LogP contribution in [0, 0.1) is 13.8 Å². The van der Waals surface area contributed by atoms with Crippen LogP contribution >= 0.6 is 0 Å². The van der Waals surface area contributed by atoms with E-state index in [1.165, 1.54) is 11.1 Å². The van der Waals surface area contributed by atoms with E-state index in [4.69, 9.17) is 5.84 Å². The van der Waals surface area contributed by atoms with E-state index >= 15 is 0 Å². The molecule has 0 saturated carbocycles. The van der Waals surface area contributed by atoms with E-state index in [2.05, 4.69) is 229 Å². The molecule has 0 saturated heterocycles. The molecular weight excluding hydrogens is 657 g/mol. The van der Waals surface area contributed by atoms with Gasteiger partial charge in [-0.15, -0.1) is 0 Å². The van der Waals surface area contributed by atoms with Gasteiger partial charge in [-0.1, -0.05) is 121 Å². The van der Waals surface area contributed by atoms with Gasteiger partial charge >= 0.3 is 0 Å². The lowest BCUT2D eigenvalue weighted by Crippen LogP contribution is -2.11. The van der Waals surface area contributed by atoms with Crippen LogP contribution in [0.5, 0.6) is 0 Å². The molecule has 0 atom stereocenters. The second-order valence-electron chi connectivity index (χ2n) is 13.5. The highest BCUT2D eigenvalue weighted by atomic mass is 15.2. The number of benzene rings is 8. The zero-order valence-corrected chi connectivity index (χ0v) is 30.5. The Bertz CT molecular complexity index is 2480. The molecule has 0 bridgehead atoms. The fourth-order valence-electron chi connectivity index (χ4n) is 7.32. The van der Waals surface area contributed by atoms with Crippen molar-refractivity contribution < 1.29 is 0 Å². The SMILES string of the molecule is Cc1cccc(N(c2ccccc2)c2ccc(-c3c(NN)ccc(-c4ccccc4)c3-c3ccc(N(c4ccccc4)c4cccc(C)c4)cc3)cc2)c1. The molecule has 8 rings (SSSR count). The van der Waals surface area contributed by atoms with E-state index in [0.717, 1.165) is 73.2 Å². The van der Waals surface area contributed by atoms with Gasteiger partial charge in [-0.25, -0.2) is 0 Å². The molecule has 3 N–H and O–H groups in total. The first kappa shape index (κ1) is 34.2. The van der Waals surface area contributed by atoms with E-state index in [1.807, 2.05) is 0 Å². The number of nitrogens with one attached hydrogen (secondary N) is 1. The smallest absolute Gasteiger partial charge is 0.0570 e. The topological polar surface area (TPSA) is 44.5 Å². The highest BCUT2D eigenvalue weighted by Gasteiger charge is 2.20. The molecule has 262 valence electrons. The molecule has 8 aromatic carbocycles. The Morgan fingerprint density at radius 2 is 0.759 bits per heavy atom. The summed E-state index contributed by atoms with van der Waals surface area (Å²) in [5, 5.41) is 0. The standard InChI is InChI=1S/C50H42N4/c1-36-14-12-22-45(34-36)53(41-18-8-4-9-19-41)43-28-24-39(25-29-43)49-47(38-16-6-3-7-17-38)32-33-48(52-51)50(49)40-26-30-44(31-27-40)54(42-20-10-5-11-21-42)46-23-13-15-37(2)35-46/h3-35,52H,51H2,1-2H3. The van der Waals surface area contributed by atoms with Crippen molar-refractivity contribution in [1.29, 1.82) is 0 Å². The van der Waals surface area contributed by atoms with Crippen LogP contribution in [0.25, 0.3) is 33.4 Å². The minimum atomic E-state index is 0.853. The van der Waals surface area contributed by atoms with E-state index < -0.39 is 0 Å².